The van der Waals surface area contributed by atoms with Crippen LogP contribution in [0.25, 0.3) is 11.3 Å². The van der Waals surface area contributed by atoms with Crippen LogP contribution < -0.4 is 10.0 Å². The number of nitrogens with one attached hydrogen (secondary N) is 2. The Morgan fingerprint density at radius 1 is 1.24 bits per heavy atom. The molecule has 1 saturated carbocycles. The molecule has 1 atom stereocenters. The summed E-state index contributed by atoms with van der Waals surface area (Å²) < 4.78 is 26.5. The Kier molecular flexibility index (Phi) is 5.29. The molecule has 1 aliphatic carbocycles. The van der Waals surface area contributed by atoms with Crippen molar-refractivity contribution < 1.29 is 13.2 Å². The maximum atomic E-state index is 12.6. The Balaban J connectivity index is 1.39. The van der Waals surface area contributed by atoms with Crippen molar-refractivity contribution >= 4 is 38.1 Å². The number of hydrogen-bond acceptors (Lipinski definition) is 7. The summed E-state index contributed by atoms with van der Waals surface area (Å²) in [6.07, 6.45) is 6.36. The summed E-state index contributed by atoms with van der Waals surface area (Å²) in [5.41, 5.74) is 2.74. The molecular formula is C19H19N5O3S2. The van der Waals surface area contributed by atoms with Crippen LogP contribution >= 0.6 is 11.3 Å². The van der Waals surface area contributed by atoms with Crippen molar-refractivity contribution in [3.63, 3.8) is 0 Å². The van der Waals surface area contributed by atoms with Crippen molar-refractivity contribution in [2.75, 3.05) is 10.0 Å². The number of anilines is 2. The van der Waals surface area contributed by atoms with E-state index in [1.165, 1.54) is 11.3 Å². The van der Waals surface area contributed by atoms with E-state index < -0.39 is 15.9 Å². The van der Waals surface area contributed by atoms with E-state index in [1.807, 2.05) is 18.2 Å². The van der Waals surface area contributed by atoms with E-state index in [0.717, 1.165) is 11.3 Å². The minimum absolute atomic E-state index is 0.247. The number of hydrogen-bond donors (Lipinski definition) is 2. The van der Waals surface area contributed by atoms with E-state index in [0.29, 0.717) is 24.2 Å². The maximum absolute atomic E-state index is 12.6. The third-order valence-corrected chi connectivity index (χ3v) is 7.27. The van der Waals surface area contributed by atoms with Gasteiger partial charge in [0.25, 0.3) is 0 Å². The second-order valence-electron chi connectivity index (χ2n) is 6.81. The van der Waals surface area contributed by atoms with Crippen LogP contribution in [-0.4, -0.2) is 34.5 Å². The van der Waals surface area contributed by atoms with Crippen LogP contribution in [0.4, 0.5) is 10.8 Å². The molecule has 1 unspecified atom stereocenters. The van der Waals surface area contributed by atoms with Gasteiger partial charge in [-0.3, -0.25) is 19.5 Å². The number of carbonyl (C=O) groups is 1. The number of pyridine rings is 2. The molecule has 10 heteroatoms. The minimum Gasteiger partial charge on any atom is -0.324 e. The fraction of sp³-hybridized carbons (Fsp3) is 0.263. The number of carbonyl (C=O) groups excluding carboxylic acids is 1. The highest BCUT2D eigenvalue weighted by atomic mass is 32.2. The van der Waals surface area contributed by atoms with Crippen molar-refractivity contribution in [1.29, 1.82) is 0 Å². The third-order valence-electron chi connectivity index (χ3n) is 4.54. The van der Waals surface area contributed by atoms with Crippen molar-refractivity contribution in [3.05, 3.63) is 53.9 Å². The van der Waals surface area contributed by atoms with Crippen LogP contribution in [-0.2, 0) is 14.8 Å². The number of sulfonamides is 1. The fourth-order valence-corrected chi connectivity index (χ4v) is 5.05. The molecule has 3 aromatic rings. The van der Waals surface area contributed by atoms with Gasteiger partial charge in [-0.15, -0.1) is 11.3 Å². The molecule has 29 heavy (non-hydrogen) atoms. The van der Waals surface area contributed by atoms with Gasteiger partial charge in [0.1, 0.15) is 0 Å². The Morgan fingerprint density at radius 3 is 2.72 bits per heavy atom. The molecule has 0 aromatic carbocycles. The number of thiazole rings is 1. The lowest BCUT2D eigenvalue weighted by Gasteiger charge is -2.10. The first-order valence-corrected chi connectivity index (χ1v) is 11.5. The van der Waals surface area contributed by atoms with Crippen LogP contribution in [0.3, 0.4) is 0 Å². The van der Waals surface area contributed by atoms with Gasteiger partial charge >= 0.3 is 0 Å². The summed E-state index contributed by atoms with van der Waals surface area (Å²) in [4.78, 5) is 25.2. The average Bonchev–Trinajstić information content (AvgIpc) is 3.50. The number of nitrogens with zero attached hydrogens (tertiary/aromatic N) is 3. The molecule has 3 aromatic heterocycles. The zero-order valence-corrected chi connectivity index (χ0v) is 17.2. The number of amides is 1. The van der Waals surface area contributed by atoms with Crippen molar-refractivity contribution in [2.45, 2.75) is 30.9 Å². The first-order chi connectivity index (χ1) is 13.9. The largest absolute Gasteiger partial charge is 0.324 e. The zero-order chi connectivity index (χ0) is 20.4. The van der Waals surface area contributed by atoms with Crippen molar-refractivity contribution in [2.24, 2.45) is 0 Å². The van der Waals surface area contributed by atoms with E-state index in [4.69, 9.17) is 0 Å². The van der Waals surface area contributed by atoms with Gasteiger partial charge in [-0.05, 0) is 44.0 Å². The average molecular weight is 430 g/mol. The standard InChI is InChI=1S/C19H19N5O3S2/c1-12(17-11-28-19(23-17)24-29(26,27)15-5-6-15)18(25)22-14-4-7-16(21-10-14)13-3-2-8-20-9-13/h2-4,7-12,15H,5-6H2,1H3,(H,22,25)(H,23,24). The first-order valence-electron chi connectivity index (χ1n) is 9.07. The van der Waals surface area contributed by atoms with Gasteiger partial charge in [0, 0.05) is 23.3 Å². The third kappa shape index (κ3) is 4.60. The SMILES string of the molecule is CC(C(=O)Nc1ccc(-c2cccnc2)nc1)c1csc(NS(=O)(=O)C2CC2)n1. The van der Waals surface area contributed by atoms with E-state index in [9.17, 15) is 13.2 Å². The number of rotatable bonds is 7. The molecule has 0 spiro atoms. The Hall–Kier alpha value is -2.85. The smallest absolute Gasteiger partial charge is 0.237 e. The first kappa shape index (κ1) is 19.5. The highest BCUT2D eigenvalue weighted by Gasteiger charge is 2.36. The van der Waals surface area contributed by atoms with Gasteiger partial charge < -0.3 is 5.32 Å². The normalized spacial score (nSPS) is 14.9. The predicted octanol–water partition coefficient (Wildman–Crippen LogP) is 3.25. The lowest BCUT2D eigenvalue weighted by Crippen LogP contribution is -2.20. The molecule has 4 rings (SSSR count). The Morgan fingerprint density at radius 2 is 2.07 bits per heavy atom. The van der Waals surface area contributed by atoms with Crippen molar-refractivity contribution in [1.82, 2.24) is 15.0 Å². The van der Waals surface area contributed by atoms with Crippen LogP contribution in [0.2, 0.25) is 0 Å². The highest BCUT2D eigenvalue weighted by molar-refractivity contribution is 7.93. The van der Waals surface area contributed by atoms with Gasteiger partial charge in [0.15, 0.2) is 5.13 Å². The zero-order valence-electron chi connectivity index (χ0n) is 15.6. The molecule has 1 amide bonds. The fourth-order valence-electron chi connectivity index (χ4n) is 2.65. The summed E-state index contributed by atoms with van der Waals surface area (Å²) in [5, 5.41) is 4.47. The van der Waals surface area contributed by atoms with Gasteiger partial charge in [-0.25, -0.2) is 13.4 Å². The van der Waals surface area contributed by atoms with Gasteiger partial charge in [0.2, 0.25) is 15.9 Å². The van der Waals surface area contributed by atoms with Crippen molar-refractivity contribution in [3.8, 4) is 11.3 Å². The molecule has 1 fully saturated rings. The summed E-state index contributed by atoms with van der Waals surface area (Å²) in [6.45, 7) is 1.72. The number of aromatic nitrogens is 3. The molecule has 1 aliphatic rings. The molecule has 0 aliphatic heterocycles. The second-order valence-corrected chi connectivity index (χ2v) is 9.63. The molecule has 3 heterocycles. The van der Waals surface area contributed by atoms with Crippen LogP contribution in [0.15, 0.2) is 48.2 Å². The molecular weight excluding hydrogens is 410 g/mol. The maximum Gasteiger partial charge on any atom is 0.237 e. The molecule has 0 bridgehead atoms. The quantitative estimate of drug-likeness (QED) is 0.596. The summed E-state index contributed by atoms with van der Waals surface area (Å²) in [6, 6.07) is 7.33. The van der Waals surface area contributed by atoms with Gasteiger partial charge in [-0.2, -0.15) is 0 Å². The predicted molar refractivity (Wildman–Crippen MR) is 112 cm³/mol. The van der Waals surface area contributed by atoms with E-state index in [-0.39, 0.29) is 16.3 Å². The second kappa shape index (κ2) is 7.88. The highest BCUT2D eigenvalue weighted by Crippen LogP contribution is 2.31. The summed E-state index contributed by atoms with van der Waals surface area (Å²) in [5.74, 6) is -0.786. The van der Waals surface area contributed by atoms with Crippen LogP contribution in [0.1, 0.15) is 31.4 Å². The van der Waals surface area contributed by atoms with E-state index in [2.05, 4.69) is 25.0 Å². The van der Waals surface area contributed by atoms with Gasteiger partial charge in [0.05, 0.1) is 34.4 Å². The van der Waals surface area contributed by atoms with E-state index in [1.54, 1.807) is 37.0 Å². The topological polar surface area (TPSA) is 114 Å². The van der Waals surface area contributed by atoms with Crippen LogP contribution in [0.5, 0.6) is 0 Å². The molecule has 8 nitrogen and oxygen atoms in total. The lowest BCUT2D eigenvalue weighted by atomic mass is 10.1. The van der Waals surface area contributed by atoms with E-state index >= 15 is 0 Å². The molecule has 2 N–H and O–H groups in total. The molecule has 150 valence electrons. The van der Waals surface area contributed by atoms with Crippen LogP contribution in [0, 0.1) is 0 Å². The monoisotopic (exact) mass is 429 g/mol. The Bertz CT molecular complexity index is 1110. The molecule has 0 radical (unpaired) electrons. The minimum atomic E-state index is -3.36. The molecule has 0 saturated heterocycles. The summed E-state index contributed by atoms with van der Waals surface area (Å²) >= 11 is 1.17. The van der Waals surface area contributed by atoms with Gasteiger partial charge in [-0.1, -0.05) is 0 Å². The lowest BCUT2D eigenvalue weighted by molar-refractivity contribution is -0.117. The Labute approximate surface area is 172 Å². The summed E-state index contributed by atoms with van der Waals surface area (Å²) in [7, 11) is -3.36.